The van der Waals surface area contributed by atoms with Gasteiger partial charge in [0, 0.05) is 24.5 Å². The van der Waals surface area contributed by atoms with Gasteiger partial charge in [-0.25, -0.2) is 9.07 Å². The van der Waals surface area contributed by atoms with Crippen LogP contribution < -0.4 is 5.73 Å². The van der Waals surface area contributed by atoms with Gasteiger partial charge >= 0.3 is 0 Å². The lowest BCUT2D eigenvalue weighted by molar-refractivity contribution is 0.0240. The lowest BCUT2D eigenvalue weighted by Gasteiger charge is -2.33. The van der Waals surface area contributed by atoms with E-state index in [4.69, 9.17) is 10.5 Å². The van der Waals surface area contributed by atoms with Crippen LogP contribution in [0.4, 0.5) is 10.1 Å². The average Bonchev–Trinajstić information content (AvgIpc) is 2.89. The molecule has 0 saturated carbocycles. The van der Waals surface area contributed by atoms with Crippen molar-refractivity contribution in [3.63, 3.8) is 0 Å². The second-order valence-electron chi connectivity index (χ2n) is 5.26. The molecule has 3 rings (SSSR count). The Morgan fingerprint density at radius 1 is 1.35 bits per heavy atom. The number of nitrogen functional groups attached to an aromatic ring is 1. The third-order valence-corrected chi connectivity index (χ3v) is 3.81. The number of tetrazole rings is 1. The number of ether oxygens (including phenoxy) is 1. The first-order chi connectivity index (χ1) is 9.60. The van der Waals surface area contributed by atoms with Crippen LogP contribution in [0.15, 0.2) is 18.2 Å². The van der Waals surface area contributed by atoms with Gasteiger partial charge in [0.25, 0.3) is 0 Å². The predicted molar refractivity (Wildman–Crippen MR) is 71.3 cm³/mol. The zero-order chi connectivity index (χ0) is 14.2. The molecule has 0 unspecified atom stereocenters. The van der Waals surface area contributed by atoms with Crippen LogP contribution in [0, 0.1) is 5.82 Å². The second-order valence-corrected chi connectivity index (χ2v) is 5.26. The van der Waals surface area contributed by atoms with Gasteiger partial charge in [0.2, 0.25) is 0 Å². The van der Waals surface area contributed by atoms with E-state index >= 15 is 0 Å². The number of nitrogens with two attached hydrogens (primary N) is 1. The van der Waals surface area contributed by atoms with E-state index in [2.05, 4.69) is 22.4 Å². The summed E-state index contributed by atoms with van der Waals surface area (Å²) in [4.78, 5) is 0. The van der Waals surface area contributed by atoms with Gasteiger partial charge in [0.1, 0.15) is 5.82 Å². The van der Waals surface area contributed by atoms with E-state index in [-0.39, 0.29) is 11.4 Å². The fourth-order valence-corrected chi connectivity index (χ4v) is 2.48. The lowest BCUT2D eigenvalue weighted by Crippen LogP contribution is -2.38. The summed E-state index contributed by atoms with van der Waals surface area (Å²) < 4.78 is 20.3. The lowest BCUT2D eigenvalue weighted by atomic mass is 9.92. The number of nitrogens with zero attached hydrogens (tertiary/aromatic N) is 4. The normalized spacial score (nSPS) is 18.1. The largest absolute Gasteiger partial charge is 0.398 e. The van der Waals surface area contributed by atoms with Gasteiger partial charge in [-0.3, -0.25) is 0 Å². The molecular formula is C13H16FN5O. The summed E-state index contributed by atoms with van der Waals surface area (Å²) in [5.74, 6) is 0.189. The quantitative estimate of drug-likeness (QED) is 0.843. The highest BCUT2D eigenvalue weighted by atomic mass is 19.1. The SMILES string of the molecule is CC1(n2nnnc2-c2ccc(F)cc2N)CCOCC1. The maximum atomic E-state index is 13.2. The van der Waals surface area contributed by atoms with Crippen molar-refractivity contribution in [1.29, 1.82) is 0 Å². The van der Waals surface area contributed by atoms with Gasteiger partial charge in [0.05, 0.1) is 5.54 Å². The number of halogens is 1. The molecule has 7 heteroatoms. The molecule has 0 radical (unpaired) electrons. The Bertz CT molecular complexity index is 621. The Balaban J connectivity index is 2.05. The fraction of sp³-hybridized carbons (Fsp3) is 0.462. The minimum atomic E-state index is -0.373. The van der Waals surface area contributed by atoms with Crippen molar-refractivity contribution >= 4 is 5.69 Å². The Kier molecular flexibility index (Phi) is 3.13. The first kappa shape index (κ1) is 13.0. The third kappa shape index (κ3) is 2.14. The third-order valence-electron chi connectivity index (χ3n) is 3.81. The molecule has 6 nitrogen and oxygen atoms in total. The van der Waals surface area contributed by atoms with E-state index in [1.165, 1.54) is 12.1 Å². The standard InChI is InChI=1S/C13H16FN5O/c1-13(4-6-20-7-5-13)19-12(16-17-18-19)10-3-2-9(14)8-11(10)15/h2-3,8H,4-7,15H2,1H3. The topological polar surface area (TPSA) is 78.9 Å². The molecule has 1 aliphatic heterocycles. The molecule has 106 valence electrons. The van der Waals surface area contributed by atoms with Gasteiger partial charge < -0.3 is 10.5 Å². The van der Waals surface area contributed by atoms with Crippen LogP contribution in [0.1, 0.15) is 19.8 Å². The predicted octanol–water partition coefficient (Wildman–Crippen LogP) is 1.59. The van der Waals surface area contributed by atoms with E-state index in [1.54, 1.807) is 10.7 Å². The highest BCUT2D eigenvalue weighted by Gasteiger charge is 2.33. The van der Waals surface area contributed by atoms with Gasteiger partial charge in [-0.15, -0.1) is 5.10 Å². The van der Waals surface area contributed by atoms with Gasteiger partial charge in [-0.1, -0.05) is 0 Å². The molecule has 0 aliphatic carbocycles. The number of rotatable bonds is 2. The monoisotopic (exact) mass is 277 g/mol. The van der Waals surface area contributed by atoms with Crippen LogP contribution in [0.2, 0.25) is 0 Å². The van der Waals surface area contributed by atoms with Gasteiger partial charge in [0.15, 0.2) is 5.82 Å². The molecule has 0 spiro atoms. The molecule has 20 heavy (non-hydrogen) atoms. The van der Waals surface area contributed by atoms with Crippen molar-refractivity contribution in [2.45, 2.75) is 25.3 Å². The maximum Gasteiger partial charge on any atom is 0.184 e. The van der Waals surface area contributed by atoms with Crippen molar-refractivity contribution < 1.29 is 9.13 Å². The van der Waals surface area contributed by atoms with Crippen molar-refractivity contribution in [2.75, 3.05) is 18.9 Å². The minimum absolute atomic E-state index is 0.210. The summed E-state index contributed by atoms with van der Waals surface area (Å²) in [6.45, 7) is 3.44. The van der Waals surface area contributed by atoms with Crippen LogP contribution in [0.5, 0.6) is 0 Å². The Labute approximate surface area is 115 Å². The molecule has 1 fully saturated rings. The molecule has 0 atom stereocenters. The maximum absolute atomic E-state index is 13.2. The van der Waals surface area contributed by atoms with Crippen molar-refractivity contribution in [2.24, 2.45) is 0 Å². The molecular weight excluding hydrogens is 261 g/mol. The molecule has 0 bridgehead atoms. The number of benzene rings is 1. The van der Waals surface area contributed by atoms with E-state index in [0.29, 0.717) is 30.3 Å². The second kappa shape index (κ2) is 4.82. The summed E-state index contributed by atoms with van der Waals surface area (Å²) in [6, 6.07) is 4.24. The van der Waals surface area contributed by atoms with Crippen LogP contribution in [0.3, 0.4) is 0 Å². The fourth-order valence-electron chi connectivity index (χ4n) is 2.48. The molecule has 0 amide bonds. The molecule has 1 aliphatic rings. The number of aromatic nitrogens is 4. The van der Waals surface area contributed by atoms with E-state index < -0.39 is 0 Å². The summed E-state index contributed by atoms with van der Waals surface area (Å²) in [7, 11) is 0. The van der Waals surface area contributed by atoms with Crippen LogP contribution in [0.25, 0.3) is 11.4 Å². The molecule has 2 aromatic rings. The minimum Gasteiger partial charge on any atom is -0.398 e. The molecule has 1 saturated heterocycles. The van der Waals surface area contributed by atoms with E-state index in [1.807, 2.05) is 0 Å². The molecule has 1 aromatic carbocycles. The van der Waals surface area contributed by atoms with Crippen LogP contribution in [-0.4, -0.2) is 33.4 Å². The van der Waals surface area contributed by atoms with Crippen molar-refractivity contribution in [3.05, 3.63) is 24.0 Å². The number of anilines is 1. The van der Waals surface area contributed by atoms with Crippen LogP contribution >= 0.6 is 0 Å². The summed E-state index contributed by atoms with van der Waals surface area (Å²) >= 11 is 0. The first-order valence-electron chi connectivity index (χ1n) is 6.52. The molecule has 2 heterocycles. The highest BCUT2D eigenvalue weighted by molar-refractivity contribution is 5.71. The van der Waals surface area contributed by atoms with Crippen molar-refractivity contribution in [1.82, 2.24) is 20.2 Å². The van der Waals surface area contributed by atoms with Gasteiger partial charge in [-0.05, 0) is 48.4 Å². The summed E-state index contributed by atoms with van der Waals surface area (Å²) in [5.41, 5.74) is 6.64. The summed E-state index contributed by atoms with van der Waals surface area (Å²) in [6.07, 6.45) is 1.65. The molecule has 1 aromatic heterocycles. The number of hydrogen-bond acceptors (Lipinski definition) is 5. The number of hydrogen-bond donors (Lipinski definition) is 1. The first-order valence-corrected chi connectivity index (χ1v) is 6.52. The van der Waals surface area contributed by atoms with Crippen molar-refractivity contribution in [3.8, 4) is 11.4 Å². The van der Waals surface area contributed by atoms with E-state index in [0.717, 1.165) is 12.8 Å². The summed E-state index contributed by atoms with van der Waals surface area (Å²) in [5, 5.41) is 11.9. The highest BCUT2D eigenvalue weighted by Crippen LogP contribution is 2.33. The van der Waals surface area contributed by atoms with Gasteiger partial charge in [-0.2, -0.15) is 0 Å². The van der Waals surface area contributed by atoms with Crippen LogP contribution in [-0.2, 0) is 10.3 Å². The zero-order valence-electron chi connectivity index (χ0n) is 11.2. The van der Waals surface area contributed by atoms with E-state index in [9.17, 15) is 4.39 Å². The Morgan fingerprint density at radius 2 is 2.10 bits per heavy atom. The smallest absolute Gasteiger partial charge is 0.184 e. The molecule has 2 N–H and O–H groups in total. The Hall–Kier alpha value is -2.02. The Morgan fingerprint density at radius 3 is 2.80 bits per heavy atom. The average molecular weight is 277 g/mol. The zero-order valence-corrected chi connectivity index (χ0v) is 11.2.